The van der Waals surface area contributed by atoms with E-state index in [0.717, 1.165) is 45.6 Å². The number of amides is 1. The van der Waals surface area contributed by atoms with Crippen molar-refractivity contribution in [2.75, 3.05) is 39.3 Å². The lowest BCUT2D eigenvalue weighted by Gasteiger charge is -2.24. The van der Waals surface area contributed by atoms with Crippen LogP contribution >= 0.6 is 0 Å². The van der Waals surface area contributed by atoms with Crippen LogP contribution in [-0.4, -0.2) is 60.1 Å². The number of likely N-dealkylation sites (tertiary alicyclic amines) is 1. The Morgan fingerprint density at radius 3 is 2.73 bits per heavy atom. The molecule has 0 spiro atoms. The molecule has 1 saturated heterocycles. The molecule has 0 radical (unpaired) electrons. The van der Waals surface area contributed by atoms with Gasteiger partial charge < -0.3 is 10.0 Å². The smallest absolute Gasteiger partial charge is 0.222 e. The van der Waals surface area contributed by atoms with Gasteiger partial charge in [0.15, 0.2) is 0 Å². The zero-order chi connectivity index (χ0) is 11.1. The van der Waals surface area contributed by atoms with E-state index in [1.165, 1.54) is 0 Å². The Balaban J connectivity index is 2.22. The predicted octanol–water partition coefficient (Wildman–Crippen LogP) is 0.313. The normalized spacial score (nSPS) is 16.7. The molecule has 0 saturated carbocycles. The summed E-state index contributed by atoms with van der Waals surface area (Å²) in [5.41, 5.74) is 0. The second kappa shape index (κ2) is 6.80. The molecular weight excluding hydrogens is 192 g/mol. The van der Waals surface area contributed by atoms with E-state index in [1.807, 2.05) is 4.90 Å². The van der Waals surface area contributed by atoms with Gasteiger partial charge >= 0.3 is 0 Å². The zero-order valence-electron chi connectivity index (χ0n) is 9.61. The van der Waals surface area contributed by atoms with Crippen molar-refractivity contribution < 1.29 is 9.90 Å². The van der Waals surface area contributed by atoms with E-state index >= 15 is 0 Å². The van der Waals surface area contributed by atoms with E-state index in [1.54, 1.807) is 0 Å². The number of aliphatic hydroxyl groups excluding tert-OH is 1. The third-order valence-electron chi connectivity index (χ3n) is 2.81. The minimum Gasteiger partial charge on any atom is -0.395 e. The Bertz CT molecular complexity index is 191. The van der Waals surface area contributed by atoms with E-state index < -0.39 is 0 Å². The molecule has 0 aromatic heterocycles. The second-order valence-corrected chi connectivity index (χ2v) is 4.05. The first-order valence-corrected chi connectivity index (χ1v) is 5.89. The first-order valence-electron chi connectivity index (χ1n) is 5.89. The average Bonchev–Trinajstić information content (AvgIpc) is 2.61. The fourth-order valence-electron chi connectivity index (χ4n) is 2.00. The maximum absolute atomic E-state index is 11.4. The van der Waals surface area contributed by atoms with Gasteiger partial charge in [-0.1, -0.05) is 6.92 Å². The van der Waals surface area contributed by atoms with Gasteiger partial charge in [-0.15, -0.1) is 0 Å². The maximum atomic E-state index is 11.4. The van der Waals surface area contributed by atoms with Crippen LogP contribution in [0.4, 0.5) is 0 Å². The van der Waals surface area contributed by atoms with Gasteiger partial charge in [0.25, 0.3) is 0 Å². The largest absolute Gasteiger partial charge is 0.395 e. The van der Waals surface area contributed by atoms with Crippen molar-refractivity contribution in [3.8, 4) is 0 Å². The van der Waals surface area contributed by atoms with Crippen LogP contribution in [-0.2, 0) is 4.79 Å². The number of nitrogens with zero attached hydrogens (tertiary/aromatic N) is 2. The monoisotopic (exact) mass is 214 g/mol. The molecule has 1 amide bonds. The van der Waals surface area contributed by atoms with Crippen LogP contribution < -0.4 is 0 Å². The van der Waals surface area contributed by atoms with E-state index in [0.29, 0.717) is 6.42 Å². The summed E-state index contributed by atoms with van der Waals surface area (Å²) in [6.07, 6.45) is 2.81. The third-order valence-corrected chi connectivity index (χ3v) is 2.81. The summed E-state index contributed by atoms with van der Waals surface area (Å²) in [6, 6.07) is 0. The third kappa shape index (κ3) is 4.18. The Kier molecular flexibility index (Phi) is 5.65. The Morgan fingerprint density at radius 1 is 1.40 bits per heavy atom. The second-order valence-electron chi connectivity index (χ2n) is 4.05. The van der Waals surface area contributed by atoms with E-state index in [4.69, 9.17) is 5.11 Å². The molecule has 4 heteroatoms. The van der Waals surface area contributed by atoms with Crippen LogP contribution in [0, 0.1) is 0 Å². The van der Waals surface area contributed by atoms with Crippen molar-refractivity contribution in [2.24, 2.45) is 0 Å². The lowest BCUT2D eigenvalue weighted by atomic mass is 10.4. The van der Waals surface area contributed by atoms with Crippen molar-refractivity contribution in [2.45, 2.75) is 26.2 Å². The standard InChI is InChI=1S/C11H22N2O2/c1-2-5-12(9-10-14)7-8-13-6-3-4-11(13)15/h14H,2-10H2,1H3. The van der Waals surface area contributed by atoms with Gasteiger partial charge in [-0.05, 0) is 19.4 Å². The van der Waals surface area contributed by atoms with Crippen LogP contribution in [0.25, 0.3) is 0 Å². The van der Waals surface area contributed by atoms with Crippen LogP contribution in [0.3, 0.4) is 0 Å². The minimum atomic E-state index is 0.202. The number of hydrogen-bond donors (Lipinski definition) is 1. The fraction of sp³-hybridized carbons (Fsp3) is 0.909. The molecule has 15 heavy (non-hydrogen) atoms. The quantitative estimate of drug-likeness (QED) is 0.663. The molecule has 1 aliphatic rings. The summed E-state index contributed by atoms with van der Waals surface area (Å²) in [6.45, 7) is 6.68. The van der Waals surface area contributed by atoms with Gasteiger partial charge in [0.2, 0.25) is 5.91 Å². The van der Waals surface area contributed by atoms with Crippen molar-refractivity contribution in [1.29, 1.82) is 0 Å². The van der Waals surface area contributed by atoms with Gasteiger partial charge in [0.1, 0.15) is 0 Å². The molecule has 0 unspecified atom stereocenters. The van der Waals surface area contributed by atoms with Crippen molar-refractivity contribution in [3.05, 3.63) is 0 Å². The molecule has 4 nitrogen and oxygen atoms in total. The number of aliphatic hydroxyl groups is 1. The highest BCUT2D eigenvalue weighted by molar-refractivity contribution is 5.78. The highest BCUT2D eigenvalue weighted by atomic mass is 16.3. The van der Waals surface area contributed by atoms with Crippen molar-refractivity contribution in [3.63, 3.8) is 0 Å². The zero-order valence-corrected chi connectivity index (χ0v) is 9.61. The number of hydrogen-bond acceptors (Lipinski definition) is 3. The molecule has 1 N–H and O–H groups in total. The molecule has 1 rings (SSSR count). The SMILES string of the molecule is CCCN(CCO)CCN1CCCC1=O. The minimum absolute atomic E-state index is 0.202. The highest BCUT2D eigenvalue weighted by Gasteiger charge is 2.19. The summed E-state index contributed by atoms with van der Waals surface area (Å²) in [5.74, 6) is 0.287. The van der Waals surface area contributed by atoms with Crippen molar-refractivity contribution >= 4 is 5.91 Å². The van der Waals surface area contributed by atoms with Gasteiger partial charge in [0, 0.05) is 32.6 Å². The van der Waals surface area contributed by atoms with Gasteiger partial charge in [0.05, 0.1) is 6.61 Å². The van der Waals surface area contributed by atoms with E-state index in [-0.39, 0.29) is 12.5 Å². The number of carbonyl (C=O) groups is 1. The molecular formula is C11H22N2O2. The summed E-state index contributed by atoms with van der Waals surface area (Å²) < 4.78 is 0. The molecule has 88 valence electrons. The molecule has 0 bridgehead atoms. The Labute approximate surface area is 91.9 Å². The van der Waals surface area contributed by atoms with Crippen LogP contribution in [0.5, 0.6) is 0 Å². The molecule has 0 aliphatic carbocycles. The lowest BCUT2D eigenvalue weighted by Crippen LogP contribution is -2.37. The van der Waals surface area contributed by atoms with Crippen LogP contribution in [0.2, 0.25) is 0 Å². The molecule has 0 aromatic carbocycles. The number of rotatable bonds is 7. The summed E-state index contributed by atoms with van der Waals surface area (Å²) in [5, 5.41) is 8.89. The molecule has 0 aromatic rings. The molecule has 1 fully saturated rings. The van der Waals surface area contributed by atoms with Gasteiger partial charge in [-0.2, -0.15) is 0 Å². The van der Waals surface area contributed by atoms with Crippen LogP contribution in [0.1, 0.15) is 26.2 Å². The number of carbonyl (C=O) groups excluding carboxylic acids is 1. The molecule has 1 aliphatic heterocycles. The summed E-state index contributed by atoms with van der Waals surface area (Å²) in [4.78, 5) is 15.5. The lowest BCUT2D eigenvalue weighted by molar-refractivity contribution is -0.127. The fourth-order valence-corrected chi connectivity index (χ4v) is 2.00. The Morgan fingerprint density at radius 2 is 2.20 bits per heavy atom. The highest BCUT2D eigenvalue weighted by Crippen LogP contribution is 2.08. The molecule has 1 heterocycles. The van der Waals surface area contributed by atoms with E-state index in [2.05, 4.69) is 11.8 Å². The van der Waals surface area contributed by atoms with E-state index in [9.17, 15) is 4.79 Å². The summed E-state index contributed by atoms with van der Waals surface area (Å²) >= 11 is 0. The Hall–Kier alpha value is -0.610. The first kappa shape index (κ1) is 12.5. The first-order chi connectivity index (χ1) is 7.27. The van der Waals surface area contributed by atoms with Crippen LogP contribution in [0.15, 0.2) is 0 Å². The van der Waals surface area contributed by atoms with Gasteiger partial charge in [-0.25, -0.2) is 0 Å². The molecule has 0 atom stereocenters. The van der Waals surface area contributed by atoms with Gasteiger partial charge in [-0.3, -0.25) is 9.69 Å². The average molecular weight is 214 g/mol. The predicted molar refractivity (Wildman–Crippen MR) is 59.6 cm³/mol. The topological polar surface area (TPSA) is 43.8 Å². The maximum Gasteiger partial charge on any atom is 0.222 e. The van der Waals surface area contributed by atoms with Crippen molar-refractivity contribution in [1.82, 2.24) is 9.80 Å². The summed E-state index contributed by atoms with van der Waals surface area (Å²) in [7, 11) is 0.